The van der Waals surface area contributed by atoms with Crippen LogP contribution >= 0.6 is 0 Å². The van der Waals surface area contributed by atoms with E-state index in [-0.39, 0.29) is 11.3 Å². The van der Waals surface area contributed by atoms with E-state index < -0.39 is 16.7 Å². The standard InChI is InChI=1S/C9H6FNO4/c10-8(9(12)13)5-6-2-1-3-7(4-6)11(14)15/h1-5H,(H,12,13). The van der Waals surface area contributed by atoms with E-state index in [4.69, 9.17) is 5.11 Å². The van der Waals surface area contributed by atoms with Crippen LogP contribution in [0.15, 0.2) is 30.1 Å². The molecule has 1 rings (SSSR count). The lowest BCUT2D eigenvalue weighted by atomic mass is 10.2. The molecule has 1 N–H and O–H groups in total. The minimum Gasteiger partial charge on any atom is -0.476 e. The van der Waals surface area contributed by atoms with Crippen LogP contribution in [0.25, 0.3) is 6.08 Å². The Balaban J connectivity index is 3.06. The Kier molecular flexibility index (Phi) is 3.12. The number of benzene rings is 1. The average molecular weight is 211 g/mol. The van der Waals surface area contributed by atoms with Crippen LogP contribution in [0, 0.1) is 10.1 Å². The van der Waals surface area contributed by atoms with Crippen molar-refractivity contribution in [2.45, 2.75) is 0 Å². The lowest BCUT2D eigenvalue weighted by Crippen LogP contribution is -1.94. The lowest BCUT2D eigenvalue weighted by Gasteiger charge is -1.94. The number of nitro groups is 1. The fourth-order valence-corrected chi connectivity index (χ4v) is 0.936. The number of carboxylic acids is 1. The molecule has 0 aliphatic carbocycles. The molecular formula is C9H6FNO4. The molecule has 0 saturated heterocycles. The molecule has 5 nitrogen and oxygen atoms in total. The highest BCUT2D eigenvalue weighted by atomic mass is 19.1. The van der Waals surface area contributed by atoms with Crippen molar-refractivity contribution in [3.8, 4) is 0 Å². The third kappa shape index (κ3) is 2.87. The molecule has 6 heteroatoms. The molecule has 78 valence electrons. The van der Waals surface area contributed by atoms with Crippen LogP contribution in [0.3, 0.4) is 0 Å². The summed E-state index contributed by atoms with van der Waals surface area (Å²) < 4.78 is 12.6. The molecule has 0 aromatic heterocycles. The smallest absolute Gasteiger partial charge is 0.364 e. The molecule has 1 aromatic rings. The van der Waals surface area contributed by atoms with Crippen molar-refractivity contribution in [2.75, 3.05) is 0 Å². The van der Waals surface area contributed by atoms with Crippen molar-refractivity contribution in [3.05, 3.63) is 45.8 Å². The second-order valence-corrected chi connectivity index (χ2v) is 2.65. The zero-order chi connectivity index (χ0) is 11.4. The Morgan fingerprint density at radius 3 is 2.73 bits per heavy atom. The van der Waals surface area contributed by atoms with Crippen molar-refractivity contribution in [3.63, 3.8) is 0 Å². The molecule has 0 fully saturated rings. The Labute approximate surface area is 83.6 Å². The average Bonchev–Trinajstić information content (AvgIpc) is 2.18. The highest BCUT2D eigenvalue weighted by Gasteiger charge is 2.08. The minimum absolute atomic E-state index is 0.129. The molecule has 0 heterocycles. The molecule has 1 aromatic carbocycles. The maximum atomic E-state index is 12.6. The van der Waals surface area contributed by atoms with Gasteiger partial charge in [0.1, 0.15) is 0 Å². The third-order valence-corrected chi connectivity index (χ3v) is 1.58. The molecule has 0 saturated carbocycles. The molecule has 0 radical (unpaired) electrons. The fraction of sp³-hybridized carbons (Fsp3) is 0. The van der Waals surface area contributed by atoms with Crippen LogP contribution in [0.5, 0.6) is 0 Å². The highest BCUT2D eigenvalue weighted by Crippen LogP contribution is 2.15. The van der Waals surface area contributed by atoms with E-state index in [0.29, 0.717) is 0 Å². The second kappa shape index (κ2) is 4.32. The van der Waals surface area contributed by atoms with Crippen molar-refractivity contribution in [1.82, 2.24) is 0 Å². The fourth-order valence-electron chi connectivity index (χ4n) is 0.936. The van der Waals surface area contributed by atoms with Gasteiger partial charge in [-0.1, -0.05) is 12.1 Å². The summed E-state index contributed by atoms with van der Waals surface area (Å²) >= 11 is 0. The molecule has 0 atom stereocenters. The predicted molar refractivity (Wildman–Crippen MR) is 49.8 cm³/mol. The molecule has 0 spiro atoms. The largest absolute Gasteiger partial charge is 0.476 e. The topological polar surface area (TPSA) is 80.4 Å². The minimum atomic E-state index is -1.71. The first-order valence-electron chi connectivity index (χ1n) is 3.85. The van der Waals surface area contributed by atoms with Gasteiger partial charge in [0, 0.05) is 12.1 Å². The third-order valence-electron chi connectivity index (χ3n) is 1.58. The van der Waals surface area contributed by atoms with Crippen LogP contribution in [-0.4, -0.2) is 16.0 Å². The summed E-state index contributed by atoms with van der Waals surface area (Å²) in [6, 6.07) is 5.03. The Bertz CT molecular complexity index is 441. The second-order valence-electron chi connectivity index (χ2n) is 2.65. The lowest BCUT2D eigenvalue weighted by molar-refractivity contribution is -0.384. The van der Waals surface area contributed by atoms with Gasteiger partial charge in [-0.2, -0.15) is 4.39 Å². The van der Waals surface area contributed by atoms with E-state index in [1.807, 2.05) is 0 Å². The van der Waals surface area contributed by atoms with Gasteiger partial charge < -0.3 is 5.11 Å². The van der Waals surface area contributed by atoms with E-state index >= 15 is 0 Å². The van der Waals surface area contributed by atoms with Gasteiger partial charge in [0.15, 0.2) is 0 Å². The number of hydrogen-bond acceptors (Lipinski definition) is 3. The summed E-state index contributed by atoms with van der Waals surface area (Å²) in [7, 11) is 0. The first-order valence-corrected chi connectivity index (χ1v) is 3.85. The normalized spacial score (nSPS) is 11.1. The van der Waals surface area contributed by atoms with Gasteiger partial charge in [0.2, 0.25) is 5.83 Å². The molecule has 0 bridgehead atoms. The van der Waals surface area contributed by atoms with Crippen LogP contribution in [-0.2, 0) is 4.79 Å². The number of non-ortho nitro benzene ring substituents is 1. The summed E-state index contributed by atoms with van der Waals surface area (Å²) in [6.07, 6.45) is 0.718. The van der Waals surface area contributed by atoms with E-state index in [0.717, 1.165) is 12.1 Å². The monoisotopic (exact) mass is 211 g/mol. The maximum Gasteiger partial charge on any atom is 0.364 e. The van der Waals surface area contributed by atoms with Gasteiger partial charge in [0.25, 0.3) is 5.69 Å². The molecular weight excluding hydrogens is 205 g/mol. The Morgan fingerprint density at radius 2 is 2.20 bits per heavy atom. The summed E-state index contributed by atoms with van der Waals surface area (Å²) in [6.45, 7) is 0. The molecule has 15 heavy (non-hydrogen) atoms. The van der Waals surface area contributed by atoms with E-state index in [9.17, 15) is 19.3 Å². The van der Waals surface area contributed by atoms with Crippen LogP contribution < -0.4 is 0 Å². The predicted octanol–water partition coefficient (Wildman–Crippen LogP) is 1.99. The number of hydrogen-bond donors (Lipinski definition) is 1. The SMILES string of the molecule is O=C(O)C(F)=Cc1cccc([N+](=O)[O-])c1. The first-order chi connectivity index (χ1) is 7.00. The number of nitro benzene ring substituents is 1. The highest BCUT2D eigenvalue weighted by molar-refractivity contribution is 5.89. The maximum absolute atomic E-state index is 12.6. The van der Waals surface area contributed by atoms with E-state index in [2.05, 4.69) is 0 Å². The summed E-state index contributed by atoms with van der Waals surface area (Å²) in [4.78, 5) is 19.9. The first kappa shape index (κ1) is 10.8. The van der Waals surface area contributed by atoms with Crippen molar-refractivity contribution in [2.24, 2.45) is 0 Å². The molecule has 0 aliphatic rings. The zero-order valence-electron chi connectivity index (χ0n) is 7.38. The molecule has 0 aliphatic heterocycles. The van der Waals surface area contributed by atoms with E-state index in [1.165, 1.54) is 18.2 Å². The zero-order valence-corrected chi connectivity index (χ0v) is 7.38. The molecule has 0 amide bonds. The summed E-state index contributed by atoms with van der Waals surface area (Å²) in [5.41, 5.74) is -0.0916. The number of rotatable bonds is 3. The number of carboxylic acid groups (broad SMARTS) is 1. The van der Waals surface area contributed by atoms with Gasteiger partial charge in [-0.15, -0.1) is 0 Å². The number of halogens is 1. The summed E-state index contributed by atoms with van der Waals surface area (Å²) in [5.74, 6) is -3.07. The number of aliphatic carboxylic acids is 1. The molecule has 0 unspecified atom stereocenters. The van der Waals surface area contributed by atoms with Gasteiger partial charge in [0.05, 0.1) is 4.92 Å². The van der Waals surface area contributed by atoms with Crippen molar-refractivity contribution >= 4 is 17.7 Å². The van der Waals surface area contributed by atoms with Crippen LogP contribution in [0.1, 0.15) is 5.56 Å². The van der Waals surface area contributed by atoms with Crippen LogP contribution in [0.4, 0.5) is 10.1 Å². The van der Waals surface area contributed by atoms with Crippen LogP contribution in [0.2, 0.25) is 0 Å². The summed E-state index contributed by atoms with van der Waals surface area (Å²) in [5, 5.41) is 18.6. The van der Waals surface area contributed by atoms with Gasteiger partial charge in [-0.3, -0.25) is 10.1 Å². The van der Waals surface area contributed by atoms with Crippen molar-refractivity contribution in [1.29, 1.82) is 0 Å². The van der Waals surface area contributed by atoms with Gasteiger partial charge in [-0.25, -0.2) is 4.79 Å². The quantitative estimate of drug-likeness (QED) is 0.471. The van der Waals surface area contributed by atoms with Crippen molar-refractivity contribution < 1.29 is 19.2 Å². The Morgan fingerprint density at radius 1 is 1.53 bits per heavy atom. The van der Waals surface area contributed by atoms with E-state index in [1.54, 1.807) is 0 Å². The Hall–Kier alpha value is -2.24. The number of carbonyl (C=O) groups is 1. The van der Waals surface area contributed by atoms with Gasteiger partial charge in [-0.05, 0) is 11.6 Å². The van der Waals surface area contributed by atoms with Gasteiger partial charge >= 0.3 is 5.97 Å². The number of nitrogens with zero attached hydrogens (tertiary/aromatic N) is 1.